The number of piperidine rings is 1. The normalized spacial score (nSPS) is 21.4. The van der Waals surface area contributed by atoms with Gasteiger partial charge in [-0.1, -0.05) is 0 Å². The molecule has 0 amide bonds. The minimum atomic E-state index is 0.110. The molecule has 6 nitrogen and oxygen atoms in total. The third-order valence-electron chi connectivity index (χ3n) is 4.50. The summed E-state index contributed by atoms with van der Waals surface area (Å²) in [6.45, 7) is 5.09. The number of anilines is 2. The van der Waals surface area contributed by atoms with Gasteiger partial charge < -0.3 is 20.6 Å². The zero-order valence-corrected chi connectivity index (χ0v) is 11.8. The molecule has 1 aromatic heterocycles. The summed E-state index contributed by atoms with van der Waals surface area (Å²) in [5, 5.41) is 15.4. The monoisotopic (exact) mass is 277 g/mol. The van der Waals surface area contributed by atoms with Crippen LogP contribution in [0.15, 0.2) is 12.4 Å². The molecule has 2 saturated heterocycles. The number of rotatable bonds is 4. The number of nitrogens with one attached hydrogen (secondary N) is 2. The highest BCUT2D eigenvalue weighted by atomic mass is 16.3. The fraction of sp³-hybridized carbons (Fsp3) is 0.714. The molecule has 2 fully saturated rings. The quantitative estimate of drug-likeness (QED) is 0.742. The number of nitrogens with zero attached hydrogens (tertiary/aromatic N) is 3. The number of hydrogen-bond acceptors (Lipinski definition) is 6. The van der Waals surface area contributed by atoms with Crippen molar-refractivity contribution in [3.8, 4) is 0 Å². The number of aliphatic hydroxyl groups is 1. The first-order chi connectivity index (χ1) is 9.81. The van der Waals surface area contributed by atoms with E-state index in [1.54, 1.807) is 6.33 Å². The molecule has 1 spiro atoms. The topological polar surface area (TPSA) is 73.3 Å². The van der Waals surface area contributed by atoms with E-state index >= 15 is 0 Å². The van der Waals surface area contributed by atoms with Crippen LogP contribution < -0.4 is 15.5 Å². The SMILES string of the molecule is OCCNc1cc(N2CCC3(CCNCC3)C2)ncn1. The van der Waals surface area contributed by atoms with Gasteiger partial charge in [-0.2, -0.15) is 0 Å². The van der Waals surface area contributed by atoms with Gasteiger partial charge in [-0.25, -0.2) is 9.97 Å². The number of aromatic nitrogens is 2. The zero-order valence-electron chi connectivity index (χ0n) is 11.8. The van der Waals surface area contributed by atoms with Crippen molar-refractivity contribution in [3.63, 3.8) is 0 Å². The second-order valence-electron chi connectivity index (χ2n) is 5.83. The van der Waals surface area contributed by atoms with E-state index in [9.17, 15) is 0 Å². The van der Waals surface area contributed by atoms with Gasteiger partial charge in [0.05, 0.1) is 6.61 Å². The second-order valence-corrected chi connectivity index (χ2v) is 5.83. The van der Waals surface area contributed by atoms with E-state index in [0.29, 0.717) is 12.0 Å². The Hall–Kier alpha value is -1.40. The summed E-state index contributed by atoms with van der Waals surface area (Å²) in [4.78, 5) is 11.0. The van der Waals surface area contributed by atoms with E-state index in [2.05, 4.69) is 25.5 Å². The molecule has 0 unspecified atom stereocenters. The van der Waals surface area contributed by atoms with Crippen LogP contribution in [0.5, 0.6) is 0 Å². The zero-order chi connectivity index (χ0) is 13.8. The molecule has 2 aliphatic heterocycles. The Balaban J connectivity index is 1.67. The average molecular weight is 277 g/mol. The number of hydrogen-bond donors (Lipinski definition) is 3. The van der Waals surface area contributed by atoms with Crippen molar-refractivity contribution < 1.29 is 5.11 Å². The predicted octanol–water partition coefficient (Wildman–Crippen LogP) is 0.461. The average Bonchev–Trinajstić information content (AvgIpc) is 2.90. The Morgan fingerprint density at radius 3 is 2.95 bits per heavy atom. The van der Waals surface area contributed by atoms with E-state index in [-0.39, 0.29) is 6.61 Å². The van der Waals surface area contributed by atoms with Crippen molar-refractivity contribution in [1.29, 1.82) is 0 Å². The van der Waals surface area contributed by atoms with Gasteiger partial charge >= 0.3 is 0 Å². The van der Waals surface area contributed by atoms with Crippen LogP contribution in [-0.2, 0) is 0 Å². The van der Waals surface area contributed by atoms with Crippen LogP contribution in [-0.4, -0.2) is 54.4 Å². The van der Waals surface area contributed by atoms with Gasteiger partial charge in [0, 0.05) is 25.7 Å². The molecule has 6 heteroatoms. The van der Waals surface area contributed by atoms with Crippen LogP contribution in [0.1, 0.15) is 19.3 Å². The van der Waals surface area contributed by atoms with Crippen molar-refractivity contribution >= 4 is 11.6 Å². The van der Waals surface area contributed by atoms with Crippen LogP contribution in [0.25, 0.3) is 0 Å². The molecule has 110 valence electrons. The summed E-state index contributed by atoms with van der Waals surface area (Å²) >= 11 is 0. The van der Waals surface area contributed by atoms with Crippen molar-refractivity contribution in [3.05, 3.63) is 12.4 Å². The van der Waals surface area contributed by atoms with E-state index in [4.69, 9.17) is 5.11 Å². The summed E-state index contributed by atoms with van der Waals surface area (Å²) in [5.74, 6) is 1.78. The predicted molar refractivity (Wildman–Crippen MR) is 79.0 cm³/mol. The highest BCUT2D eigenvalue weighted by Crippen LogP contribution is 2.39. The maximum atomic E-state index is 8.85. The van der Waals surface area contributed by atoms with Crippen molar-refractivity contribution in [2.75, 3.05) is 49.5 Å². The lowest BCUT2D eigenvalue weighted by atomic mass is 9.78. The first kappa shape index (κ1) is 13.6. The van der Waals surface area contributed by atoms with Gasteiger partial charge in [0.25, 0.3) is 0 Å². The van der Waals surface area contributed by atoms with Gasteiger partial charge in [0.1, 0.15) is 18.0 Å². The van der Waals surface area contributed by atoms with Gasteiger partial charge in [0.2, 0.25) is 0 Å². The summed E-state index contributed by atoms with van der Waals surface area (Å²) < 4.78 is 0. The summed E-state index contributed by atoms with van der Waals surface area (Å²) in [6, 6.07) is 1.98. The molecule has 0 aromatic carbocycles. The molecule has 1 aromatic rings. The molecule has 3 rings (SSSR count). The van der Waals surface area contributed by atoms with E-state index < -0.39 is 0 Å². The van der Waals surface area contributed by atoms with Crippen LogP contribution in [0.4, 0.5) is 11.6 Å². The Labute approximate surface area is 119 Å². The second kappa shape index (κ2) is 5.93. The lowest BCUT2D eigenvalue weighted by Crippen LogP contribution is -2.38. The van der Waals surface area contributed by atoms with Crippen molar-refractivity contribution in [1.82, 2.24) is 15.3 Å². The first-order valence-electron chi connectivity index (χ1n) is 7.44. The molecule has 0 aliphatic carbocycles. The van der Waals surface area contributed by atoms with Gasteiger partial charge in [-0.05, 0) is 37.8 Å². The molecule has 0 bridgehead atoms. The summed E-state index contributed by atoms with van der Waals surface area (Å²) in [6.07, 6.45) is 5.40. The maximum Gasteiger partial charge on any atom is 0.134 e. The lowest BCUT2D eigenvalue weighted by Gasteiger charge is -2.33. The standard InChI is InChI=1S/C14H23N5O/c20-8-6-16-12-9-13(18-11-17-12)19-7-3-14(10-19)1-4-15-5-2-14/h9,11,15,20H,1-8,10H2,(H,16,17,18). The summed E-state index contributed by atoms with van der Waals surface area (Å²) in [5.41, 5.74) is 0.481. The van der Waals surface area contributed by atoms with Gasteiger partial charge in [-0.15, -0.1) is 0 Å². The molecule has 0 saturated carbocycles. The van der Waals surface area contributed by atoms with Crippen LogP contribution >= 0.6 is 0 Å². The van der Waals surface area contributed by atoms with Gasteiger partial charge in [-0.3, -0.25) is 0 Å². The molecule has 2 aliphatic rings. The smallest absolute Gasteiger partial charge is 0.134 e. The molecule has 3 N–H and O–H groups in total. The minimum Gasteiger partial charge on any atom is -0.395 e. The Bertz CT molecular complexity index is 447. The highest BCUT2D eigenvalue weighted by Gasteiger charge is 2.39. The fourth-order valence-corrected chi connectivity index (χ4v) is 3.30. The molecule has 3 heterocycles. The Kier molecular flexibility index (Phi) is 4.03. The van der Waals surface area contributed by atoms with Crippen molar-refractivity contribution in [2.24, 2.45) is 5.41 Å². The lowest BCUT2D eigenvalue weighted by molar-refractivity contribution is 0.232. The third kappa shape index (κ3) is 2.86. The van der Waals surface area contributed by atoms with Crippen LogP contribution in [0, 0.1) is 5.41 Å². The Morgan fingerprint density at radius 1 is 1.30 bits per heavy atom. The Morgan fingerprint density at radius 2 is 2.15 bits per heavy atom. The third-order valence-corrected chi connectivity index (χ3v) is 4.50. The molecular weight excluding hydrogens is 254 g/mol. The van der Waals surface area contributed by atoms with Crippen LogP contribution in [0.2, 0.25) is 0 Å². The largest absolute Gasteiger partial charge is 0.395 e. The van der Waals surface area contributed by atoms with E-state index in [1.807, 2.05) is 6.07 Å². The minimum absolute atomic E-state index is 0.110. The van der Waals surface area contributed by atoms with Crippen LogP contribution in [0.3, 0.4) is 0 Å². The van der Waals surface area contributed by atoms with Crippen molar-refractivity contribution in [2.45, 2.75) is 19.3 Å². The maximum absolute atomic E-state index is 8.85. The van der Waals surface area contributed by atoms with E-state index in [1.165, 1.54) is 19.3 Å². The molecule has 0 radical (unpaired) electrons. The fourth-order valence-electron chi connectivity index (χ4n) is 3.30. The summed E-state index contributed by atoms with van der Waals surface area (Å²) in [7, 11) is 0. The first-order valence-corrected chi connectivity index (χ1v) is 7.44. The molecule has 0 atom stereocenters. The van der Waals surface area contributed by atoms with E-state index in [0.717, 1.165) is 37.8 Å². The highest BCUT2D eigenvalue weighted by molar-refractivity contribution is 5.49. The molecular formula is C14H23N5O. The van der Waals surface area contributed by atoms with Gasteiger partial charge in [0.15, 0.2) is 0 Å². The number of aliphatic hydroxyl groups excluding tert-OH is 1. The molecule has 20 heavy (non-hydrogen) atoms.